The zero-order valence-electron chi connectivity index (χ0n) is 54.5. The molecule has 2 N–H and O–H groups in total. The van der Waals surface area contributed by atoms with Gasteiger partial charge in [0.25, 0.3) is 11.8 Å². The minimum Gasteiger partial charge on any atom is -0.446 e. The molecule has 16 nitrogen and oxygen atoms in total. The molecule has 6 aromatic rings. The highest BCUT2D eigenvalue weighted by atomic mass is 19.4. The molecular weight excluding hydrogens is 1260 g/mol. The Morgan fingerprint density at radius 2 is 1.31 bits per heavy atom. The lowest BCUT2D eigenvalue weighted by molar-refractivity contribution is -0.143. The Kier molecular flexibility index (Phi) is 22.4. The van der Waals surface area contributed by atoms with Crippen LogP contribution in [0.4, 0.5) is 46.9 Å². The predicted molar refractivity (Wildman–Crippen MR) is 353 cm³/mol. The number of carbonyl (C=O) groups excluding carboxylic acids is 5. The molecule has 5 aliphatic rings. The zero-order chi connectivity index (χ0) is 68.3. The molecule has 0 unspecified atom stereocenters. The van der Waals surface area contributed by atoms with Crippen LogP contribution in [0, 0.1) is 5.82 Å². The lowest BCUT2D eigenvalue weighted by Gasteiger charge is -2.44. The van der Waals surface area contributed by atoms with E-state index >= 15 is 0 Å². The number of likely N-dealkylation sites (tertiary alicyclic amines) is 2. The molecule has 11 rings (SSSR count). The highest BCUT2D eigenvalue weighted by Gasteiger charge is 2.50. The molecule has 4 fully saturated rings. The first kappa shape index (κ1) is 70.0. The summed E-state index contributed by atoms with van der Waals surface area (Å²) >= 11 is 0. The van der Waals surface area contributed by atoms with Crippen molar-refractivity contribution in [3.05, 3.63) is 190 Å². The number of halogens is 7. The van der Waals surface area contributed by atoms with Gasteiger partial charge in [0.05, 0.1) is 29.5 Å². The van der Waals surface area contributed by atoms with Crippen molar-refractivity contribution in [2.45, 2.75) is 106 Å². The number of para-hydroxylation sites is 1. The van der Waals surface area contributed by atoms with Gasteiger partial charge in [-0.05, 0) is 154 Å². The maximum absolute atomic E-state index is 14.3. The van der Waals surface area contributed by atoms with Gasteiger partial charge in [-0.1, -0.05) is 91.3 Å². The fraction of sp³-hybridized carbons (Fsp3) is 0.446. The van der Waals surface area contributed by atoms with Crippen molar-refractivity contribution in [1.82, 2.24) is 29.4 Å². The van der Waals surface area contributed by atoms with Crippen LogP contribution in [0.2, 0.25) is 0 Å². The average Bonchev–Trinajstić information content (AvgIpc) is 1.63. The third-order valence-corrected chi connectivity index (χ3v) is 19.9. The number of piperidine rings is 2. The summed E-state index contributed by atoms with van der Waals surface area (Å²) in [6.07, 6.45) is -3.97. The minimum absolute atomic E-state index is 0.0268. The largest absolute Gasteiger partial charge is 0.446 e. The quantitative estimate of drug-likeness (QED) is 0.0493. The minimum atomic E-state index is -5.15. The molecule has 0 radical (unpaired) electrons. The molecule has 6 aromatic carbocycles. The third-order valence-electron chi connectivity index (χ3n) is 19.9. The van der Waals surface area contributed by atoms with Crippen molar-refractivity contribution in [2.75, 3.05) is 116 Å². The van der Waals surface area contributed by atoms with E-state index in [1.807, 2.05) is 98.0 Å². The lowest BCUT2D eigenvalue weighted by Crippen LogP contribution is -2.50. The molecule has 0 aromatic heterocycles. The number of ether oxygens (including phenoxy) is 3. The van der Waals surface area contributed by atoms with E-state index < -0.39 is 64.6 Å². The second-order valence-corrected chi connectivity index (χ2v) is 26.1. The first-order valence-electron chi connectivity index (χ1n) is 33.5. The summed E-state index contributed by atoms with van der Waals surface area (Å²) in [4.78, 5) is 78.4. The van der Waals surface area contributed by atoms with Crippen LogP contribution in [0.3, 0.4) is 0 Å². The van der Waals surface area contributed by atoms with Crippen LogP contribution in [0.25, 0.3) is 11.1 Å². The van der Waals surface area contributed by atoms with Crippen molar-refractivity contribution < 1.29 is 68.9 Å². The molecule has 4 saturated heterocycles. The van der Waals surface area contributed by atoms with Crippen LogP contribution in [-0.2, 0) is 53.6 Å². The van der Waals surface area contributed by atoms with Gasteiger partial charge in [-0.25, -0.2) is 9.18 Å². The van der Waals surface area contributed by atoms with Crippen molar-refractivity contribution in [3.8, 4) is 11.1 Å². The van der Waals surface area contributed by atoms with E-state index in [2.05, 4.69) is 32.6 Å². The van der Waals surface area contributed by atoms with Gasteiger partial charge in [0.15, 0.2) is 0 Å². The highest BCUT2D eigenvalue weighted by Crippen LogP contribution is 2.49. The number of alkyl halides is 6. The van der Waals surface area contributed by atoms with E-state index in [1.165, 1.54) is 29.8 Å². The van der Waals surface area contributed by atoms with Gasteiger partial charge < -0.3 is 48.9 Å². The number of carbonyl (C=O) groups is 5. The molecule has 0 saturated carbocycles. The van der Waals surface area contributed by atoms with Gasteiger partial charge in [0.1, 0.15) is 30.9 Å². The number of nitrogens with zero attached hydrogens (tertiary/aromatic N) is 6. The molecule has 4 heterocycles. The second kappa shape index (κ2) is 31.0. The summed E-state index contributed by atoms with van der Waals surface area (Å²) in [5.41, 5.74) is 1.20. The van der Waals surface area contributed by atoms with E-state index in [-0.39, 0.29) is 55.6 Å². The first-order valence-corrected chi connectivity index (χ1v) is 33.5. The van der Waals surface area contributed by atoms with Crippen LogP contribution in [0.15, 0.2) is 146 Å². The fourth-order valence-electron chi connectivity index (χ4n) is 14.3. The number of rotatable bonds is 22. The van der Waals surface area contributed by atoms with Gasteiger partial charge in [-0.3, -0.25) is 24.5 Å². The summed E-state index contributed by atoms with van der Waals surface area (Å²) in [6, 6.07) is 39.4. The summed E-state index contributed by atoms with van der Waals surface area (Å²) in [5, 5.41) is 6.37. The number of unbranched alkanes of at least 4 members (excludes halogenated alkanes) is 2. The number of likely N-dealkylation sites (N-methyl/N-ethyl adjacent to an activating group) is 1. The molecule has 2 atom stereocenters. The van der Waals surface area contributed by atoms with Crippen LogP contribution < -0.4 is 10.6 Å². The van der Waals surface area contributed by atoms with Crippen LogP contribution in [-0.4, -0.2) is 177 Å². The van der Waals surface area contributed by atoms with Gasteiger partial charge in [-0.2, -0.15) is 26.3 Å². The Morgan fingerprint density at radius 3 is 2.03 bits per heavy atom. The van der Waals surface area contributed by atoms with E-state index in [4.69, 9.17) is 14.2 Å². The number of nitrogens with one attached hydrogen (secondary N) is 2. The van der Waals surface area contributed by atoms with Crippen molar-refractivity contribution in [3.63, 3.8) is 0 Å². The van der Waals surface area contributed by atoms with Crippen molar-refractivity contribution in [1.29, 1.82) is 0 Å². The average molecular weight is 1350 g/mol. The number of amides is 5. The SMILES string of the molecule is CN(CCN1CCC(OC(=O)Nc2ccccc2-c2ccccc2)CC1)C(=O)CCCCCNc1ccc(C(=O)N2CCCN(C(=O)CO[C@H]3Cc4ccccc4C34CCN(CC[C@@]3(c5ccc(F)cc5)CN(C(=O)c5cc(C(F)(F)F)cc(C(F)(F)F)c5)CO3)CC4)CC2)cc1. The summed E-state index contributed by atoms with van der Waals surface area (Å²) in [7, 11) is 1.85. The van der Waals surface area contributed by atoms with Crippen LogP contribution >= 0.6 is 0 Å². The molecule has 1 spiro atoms. The smallest absolute Gasteiger partial charge is 0.416 e. The number of anilines is 2. The summed E-state index contributed by atoms with van der Waals surface area (Å²) in [6.45, 7) is 6.19. The van der Waals surface area contributed by atoms with Gasteiger partial charge >= 0.3 is 18.4 Å². The van der Waals surface area contributed by atoms with Gasteiger partial charge in [0.2, 0.25) is 11.8 Å². The normalized spacial score (nSPS) is 19.3. The fourth-order valence-corrected chi connectivity index (χ4v) is 14.3. The summed E-state index contributed by atoms with van der Waals surface area (Å²) in [5.74, 6) is -1.76. The molecular formula is C74H83F7N8O8. The monoisotopic (exact) mass is 1340 g/mol. The van der Waals surface area contributed by atoms with Crippen molar-refractivity contribution in [2.24, 2.45) is 0 Å². The molecule has 516 valence electrons. The third kappa shape index (κ3) is 17.3. The first-order chi connectivity index (χ1) is 46.6. The van der Waals surface area contributed by atoms with Gasteiger partial charge in [-0.15, -0.1) is 0 Å². The van der Waals surface area contributed by atoms with E-state index in [0.717, 1.165) is 79.0 Å². The zero-order valence-corrected chi connectivity index (χ0v) is 54.5. The molecule has 5 amide bonds. The predicted octanol–water partition coefficient (Wildman–Crippen LogP) is 12.7. The lowest BCUT2D eigenvalue weighted by atomic mass is 9.72. The molecule has 23 heteroatoms. The Hall–Kier alpha value is -8.38. The molecule has 0 bridgehead atoms. The van der Waals surface area contributed by atoms with E-state index in [9.17, 15) is 54.7 Å². The van der Waals surface area contributed by atoms with Crippen LogP contribution in [0.5, 0.6) is 0 Å². The standard InChI is InChI=1S/C74H83F7N8O8/c1-84(41-42-85-36-28-61(29-37-85)97-70(94)83-64-18-10-8-16-62(64)52-13-4-2-5-14-52)66(90)19-6-3-11-33-82-60-26-20-53(21-27-60)68(92)88-35-12-34-87(43-44-88)67(91)49-95-65-47-54-15-7-9-17-63(54)71(65)30-38-86(39-31-71)40-32-72(56-22-24-59(75)25-23-56)50-89(51-96-72)69(93)55-45-57(73(76,77)78)48-58(46-55)74(79,80)81/h2,4-5,7-10,13-18,20-27,45-46,48,61,65,82H,3,6,11-12,19,28-44,47,49-51H2,1H3,(H,83,94)/t65-,72-/m0/s1. The van der Waals surface area contributed by atoms with E-state index in [1.54, 1.807) is 14.7 Å². The number of benzene rings is 6. The number of hydrogen-bond donors (Lipinski definition) is 2. The molecule has 97 heavy (non-hydrogen) atoms. The Morgan fingerprint density at radius 1 is 0.660 bits per heavy atom. The maximum atomic E-state index is 14.3. The number of hydrogen-bond acceptors (Lipinski definition) is 11. The summed E-state index contributed by atoms with van der Waals surface area (Å²) < 4.78 is 116. The number of fused-ring (bicyclic) bond motifs is 2. The Balaban J connectivity index is 0.582. The Labute approximate surface area is 561 Å². The second-order valence-electron chi connectivity index (χ2n) is 26.1. The van der Waals surface area contributed by atoms with Crippen LogP contribution in [0.1, 0.15) is 113 Å². The van der Waals surface area contributed by atoms with Crippen molar-refractivity contribution >= 4 is 41.1 Å². The van der Waals surface area contributed by atoms with Gasteiger partial charge in [0, 0.05) is 107 Å². The Bertz CT molecular complexity index is 3660. The highest BCUT2D eigenvalue weighted by molar-refractivity contribution is 5.96. The molecule has 4 aliphatic heterocycles. The maximum Gasteiger partial charge on any atom is 0.416 e. The topological polar surface area (TPSA) is 157 Å². The van der Waals surface area contributed by atoms with E-state index in [0.29, 0.717) is 120 Å². The molecule has 1 aliphatic carbocycles.